The predicted molar refractivity (Wildman–Crippen MR) is 110 cm³/mol. The van der Waals surface area contributed by atoms with Crippen LogP contribution < -0.4 is 10.2 Å². The van der Waals surface area contributed by atoms with Crippen LogP contribution in [0.2, 0.25) is 0 Å². The van der Waals surface area contributed by atoms with Crippen molar-refractivity contribution in [1.29, 1.82) is 0 Å². The minimum Gasteiger partial charge on any atom is -0.322 e. The average Bonchev–Trinajstić information content (AvgIpc) is 2.73. The quantitative estimate of drug-likeness (QED) is 0.749. The summed E-state index contributed by atoms with van der Waals surface area (Å²) in [6.45, 7) is 2.60. The smallest absolute Gasteiger partial charge is 0.259 e. The molecule has 1 N–H and O–H groups in total. The molecule has 0 aliphatic carbocycles. The normalized spacial score (nSPS) is 13.0. The number of benzene rings is 2. The van der Waals surface area contributed by atoms with E-state index in [2.05, 4.69) is 10.3 Å². The number of nitrogens with zero attached hydrogens (tertiary/aromatic N) is 2. The van der Waals surface area contributed by atoms with Crippen molar-refractivity contribution in [3.8, 4) is 0 Å². The monoisotopic (exact) mass is 371 g/mol. The van der Waals surface area contributed by atoms with Gasteiger partial charge in [-0.15, -0.1) is 0 Å². The Morgan fingerprint density at radius 1 is 1.04 bits per heavy atom. The molecular formula is C23H21N3O2. The summed E-state index contributed by atoms with van der Waals surface area (Å²) in [4.78, 5) is 31.4. The summed E-state index contributed by atoms with van der Waals surface area (Å²) in [5.41, 5.74) is 4.84. The van der Waals surface area contributed by atoms with Gasteiger partial charge in [-0.2, -0.15) is 0 Å². The van der Waals surface area contributed by atoms with Gasteiger partial charge in [-0.1, -0.05) is 23.8 Å². The van der Waals surface area contributed by atoms with E-state index in [9.17, 15) is 9.59 Å². The summed E-state index contributed by atoms with van der Waals surface area (Å²) in [6, 6.07) is 16.8. The SMILES string of the molecule is Cc1cccc(C(=O)Nc2ccc3c(c2)N(C(=O)c2cccnc2)CCC3)c1. The Hall–Kier alpha value is -3.47. The molecule has 0 atom stereocenters. The molecule has 2 amide bonds. The molecule has 1 aromatic heterocycles. The number of hydrogen-bond acceptors (Lipinski definition) is 3. The fraction of sp³-hybridized carbons (Fsp3) is 0.174. The summed E-state index contributed by atoms with van der Waals surface area (Å²) in [7, 11) is 0. The topological polar surface area (TPSA) is 62.3 Å². The van der Waals surface area contributed by atoms with Crippen LogP contribution in [0.25, 0.3) is 0 Å². The maximum absolute atomic E-state index is 13.0. The number of aryl methyl sites for hydroxylation is 2. The van der Waals surface area contributed by atoms with Crippen LogP contribution in [0.4, 0.5) is 11.4 Å². The molecule has 28 heavy (non-hydrogen) atoms. The molecule has 1 aliphatic heterocycles. The Labute approximate surface area is 164 Å². The molecule has 0 fully saturated rings. The molecule has 5 heteroatoms. The maximum Gasteiger partial charge on any atom is 0.259 e. The molecule has 0 radical (unpaired) electrons. The number of fused-ring (bicyclic) bond motifs is 1. The van der Waals surface area contributed by atoms with Crippen LogP contribution in [-0.2, 0) is 6.42 Å². The first-order valence-electron chi connectivity index (χ1n) is 9.35. The average molecular weight is 371 g/mol. The lowest BCUT2D eigenvalue weighted by Crippen LogP contribution is -2.35. The van der Waals surface area contributed by atoms with Gasteiger partial charge in [-0.3, -0.25) is 14.6 Å². The molecule has 2 heterocycles. The summed E-state index contributed by atoms with van der Waals surface area (Å²) in [5.74, 6) is -0.235. The highest BCUT2D eigenvalue weighted by atomic mass is 16.2. The van der Waals surface area contributed by atoms with Gasteiger partial charge < -0.3 is 10.2 Å². The summed E-state index contributed by atoms with van der Waals surface area (Å²) in [5, 5.41) is 2.95. The molecule has 5 nitrogen and oxygen atoms in total. The molecular weight excluding hydrogens is 350 g/mol. The van der Waals surface area contributed by atoms with Gasteiger partial charge in [-0.05, 0) is 61.7 Å². The first-order valence-corrected chi connectivity index (χ1v) is 9.35. The van der Waals surface area contributed by atoms with E-state index in [1.807, 2.05) is 43.3 Å². The Bertz CT molecular complexity index is 1030. The largest absolute Gasteiger partial charge is 0.322 e. The summed E-state index contributed by atoms with van der Waals surface area (Å²) < 4.78 is 0. The minimum atomic E-state index is -0.162. The van der Waals surface area contributed by atoms with Gasteiger partial charge in [0.25, 0.3) is 11.8 Å². The van der Waals surface area contributed by atoms with Crippen LogP contribution in [0, 0.1) is 6.92 Å². The van der Waals surface area contributed by atoms with Gasteiger partial charge in [0, 0.05) is 35.9 Å². The van der Waals surface area contributed by atoms with E-state index in [1.54, 1.807) is 35.5 Å². The zero-order valence-electron chi connectivity index (χ0n) is 15.7. The third kappa shape index (κ3) is 3.64. The van der Waals surface area contributed by atoms with Crippen molar-refractivity contribution < 1.29 is 9.59 Å². The predicted octanol–water partition coefficient (Wildman–Crippen LogP) is 4.24. The number of aromatic nitrogens is 1. The highest BCUT2D eigenvalue weighted by molar-refractivity contribution is 6.08. The van der Waals surface area contributed by atoms with Gasteiger partial charge >= 0.3 is 0 Å². The molecule has 1 aliphatic rings. The number of hydrogen-bond donors (Lipinski definition) is 1. The van der Waals surface area contributed by atoms with Crippen molar-refractivity contribution in [3.63, 3.8) is 0 Å². The third-order valence-electron chi connectivity index (χ3n) is 4.90. The van der Waals surface area contributed by atoms with Gasteiger partial charge in [0.1, 0.15) is 0 Å². The zero-order chi connectivity index (χ0) is 19.5. The second-order valence-electron chi connectivity index (χ2n) is 6.97. The molecule has 2 aromatic carbocycles. The number of pyridine rings is 1. The van der Waals surface area contributed by atoms with Gasteiger partial charge in [0.05, 0.1) is 5.56 Å². The zero-order valence-corrected chi connectivity index (χ0v) is 15.7. The van der Waals surface area contributed by atoms with E-state index in [0.717, 1.165) is 29.7 Å². The van der Waals surface area contributed by atoms with Crippen molar-refractivity contribution in [2.75, 3.05) is 16.8 Å². The van der Waals surface area contributed by atoms with E-state index in [4.69, 9.17) is 0 Å². The van der Waals surface area contributed by atoms with Crippen LogP contribution in [0.15, 0.2) is 67.0 Å². The highest BCUT2D eigenvalue weighted by Gasteiger charge is 2.24. The van der Waals surface area contributed by atoms with Gasteiger partial charge in [0.15, 0.2) is 0 Å². The van der Waals surface area contributed by atoms with Crippen LogP contribution in [0.1, 0.15) is 38.3 Å². The second-order valence-corrected chi connectivity index (χ2v) is 6.97. The van der Waals surface area contributed by atoms with E-state index in [-0.39, 0.29) is 11.8 Å². The number of carbonyl (C=O) groups excluding carboxylic acids is 2. The van der Waals surface area contributed by atoms with Crippen LogP contribution >= 0.6 is 0 Å². The molecule has 0 saturated carbocycles. The van der Waals surface area contributed by atoms with E-state index in [1.165, 1.54) is 0 Å². The van der Waals surface area contributed by atoms with E-state index in [0.29, 0.717) is 23.4 Å². The van der Waals surface area contributed by atoms with Crippen LogP contribution in [0.3, 0.4) is 0 Å². The van der Waals surface area contributed by atoms with Crippen molar-refractivity contribution >= 4 is 23.2 Å². The van der Waals surface area contributed by atoms with Gasteiger partial charge in [0.2, 0.25) is 0 Å². The fourth-order valence-corrected chi connectivity index (χ4v) is 3.50. The van der Waals surface area contributed by atoms with E-state index >= 15 is 0 Å². The standard InChI is InChI=1S/C23H21N3O2/c1-16-5-2-6-18(13-16)22(27)25-20-10-9-17-8-4-12-26(21(17)14-20)23(28)19-7-3-11-24-15-19/h2-3,5-7,9-11,13-15H,4,8,12H2,1H3,(H,25,27). The Kier molecular flexibility index (Phi) is 4.89. The number of anilines is 2. The maximum atomic E-state index is 13.0. The first kappa shape index (κ1) is 17.9. The number of rotatable bonds is 3. The molecule has 0 bridgehead atoms. The molecule has 3 aromatic rings. The second kappa shape index (κ2) is 7.64. The molecule has 0 spiro atoms. The lowest BCUT2D eigenvalue weighted by molar-refractivity contribution is 0.0983. The number of amides is 2. The molecule has 0 unspecified atom stereocenters. The van der Waals surface area contributed by atoms with Crippen LogP contribution in [0.5, 0.6) is 0 Å². The van der Waals surface area contributed by atoms with Crippen molar-refractivity contribution in [2.24, 2.45) is 0 Å². The van der Waals surface area contributed by atoms with E-state index < -0.39 is 0 Å². The number of carbonyl (C=O) groups is 2. The minimum absolute atomic E-state index is 0.0730. The summed E-state index contributed by atoms with van der Waals surface area (Å²) in [6.07, 6.45) is 5.06. The Balaban J connectivity index is 1.61. The molecule has 4 rings (SSSR count). The first-order chi connectivity index (χ1) is 13.6. The number of nitrogens with one attached hydrogen (secondary N) is 1. The highest BCUT2D eigenvalue weighted by Crippen LogP contribution is 2.31. The molecule has 0 saturated heterocycles. The fourth-order valence-electron chi connectivity index (χ4n) is 3.50. The van der Waals surface area contributed by atoms with Gasteiger partial charge in [-0.25, -0.2) is 0 Å². The summed E-state index contributed by atoms with van der Waals surface area (Å²) >= 11 is 0. The lowest BCUT2D eigenvalue weighted by Gasteiger charge is -2.30. The van der Waals surface area contributed by atoms with Crippen molar-refractivity contribution in [3.05, 3.63) is 89.2 Å². The lowest BCUT2D eigenvalue weighted by atomic mass is 10.00. The molecule has 140 valence electrons. The Morgan fingerprint density at radius 3 is 2.68 bits per heavy atom. The van der Waals surface area contributed by atoms with Crippen LogP contribution in [-0.4, -0.2) is 23.3 Å². The third-order valence-corrected chi connectivity index (χ3v) is 4.90. The van der Waals surface area contributed by atoms with Crippen molar-refractivity contribution in [1.82, 2.24) is 4.98 Å². The Morgan fingerprint density at radius 2 is 1.89 bits per heavy atom. The van der Waals surface area contributed by atoms with Crippen molar-refractivity contribution in [2.45, 2.75) is 19.8 Å².